The van der Waals surface area contributed by atoms with Crippen molar-refractivity contribution in [2.75, 3.05) is 12.4 Å². The lowest BCUT2D eigenvalue weighted by Crippen LogP contribution is -2.30. The molecule has 2 rings (SSSR count). The van der Waals surface area contributed by atoms with Crippen molar-refractivity contribution < 1.29 is 4.74 Å². The molecule has 0 amide bonds. The van der Waals surface area contributed by atoms with Gasteiger partial charge in [-0.15, -0.1) is 0 Å². The first kappa shape index (κ1) is 12.4. The van der Waals surface area contributed by atoms with Crippen molar-refractivity contribution in [3.05, 3.63) is 28.2 Å². The molecule has 3 nitrogen and oxygen atoms in total. The summed E-state index contributed by atoms with van der Waals surface area (Å²) in [6.45, 7) is 0. The molecule has 1 aliphatic carbocycles. The lowest BCUT2D eigenvalue weighted by atomic mass is 10.1. The van der Waals surface area contributed by atoms with Gasteiger partial charge in [-0.3, -0.25) is 0 Å². The van der Waals surface area contributed by atoms with Crippen LogP contribution in [-0.4, -0.2) is 19.3 Å². The number of hydrogen-bond acceptors (Lipinski definition) is 3. The van der Waals surface area contributed by atoms with E-state index in [9.17, 15) is 0 Å². The van der Waals surface area contributed by atoms with Crippen molar-refractivity contribution in [1.29, 1.82) is 5.26 Å². The highest BCUT2D eigenvalue weighted by molar-refractivity contribution is 9.10. The third-order valence-corrected chi connectivity index (χ3v) is 3.69. The van der Waals surface area contributed by atoms with Crippen LogP contribution in [0.15, 0.2) is 22.7 Å². The first-order chi connectivity index (χ1) is 8.24. The minimum atomic E-state index is 0.250. The molecule has 0 saturated heterocycles. The molecule has 90 valence electrons. The molecule has 1 saturated carbocycles. The maximum absolute atomic E-state index is 9.07. The van der Waals surface area contributed by atoms with E-state index in [1.807, 2.05) is 18.2 Å². The van der Waals surface area contributed by atoms with Crippen molar-refractivity contribution in [2.45, 2.75) is 31.4 Å². The molecule has 1 fully saturated rings. The summed E-state index contributed by atoms with van der Waals surface area (Å²) in [5.41, 5.74) is 1.56. The highest BCUT2D eigenvalue weighted by atomic mass is 79.9. The summed E-state index contributed by atoms with van der Waals surface area (Å²) in [4.78, 5) is 0. The average molecular weight is 295 g/mol. The van der Waals surface area contributed by atoms with Crippen molar-refractivity contribution in [2.24, 2.45) is 0 Å². The minimum absolute atomic E-state index is 0.250. The van der Waals surface area contributed by atoms with Gasteiger partial charge in [-0.2, -0.15) is 5.26 Å². The Morgan fingerprint density at radius 3 is 3.00 bits per heavy atom. The fraction of sp³-hybridized carbons (Fsp3) is 0.462. The van der Waals surface area contributed by atoms with Crippen LogP contribution in [0.1, 0.15) is 24.8 Å². The van der Waals surface area contributed by atoms with Crippen LogP contribution in [0.25, 0.3) is 0 Å². The fourth-order valence-electron chi connectivity index (χ4n) is 2.31. The van der Waals surface area contributed by atoms with Gasteiger partial charge in [0.1, 0.15) is 6.07 Å². The van der Waals surface area contributed by atoms with Gasteiger partial charge in [0.15, 0.2) is 0 Å². The standard InChI is InChI=1S/C13H15BrN2O/c1-17-13-4-2-3-11(13)16-12-7-10(14)6-5-9(12)8-15/h5-7,11,13,16H,2-4H2,1H3. The molecule has 0 spiro atoms. The molecule has 4 heteroatoms. The fourth-order valence-corrected chi connectivity index (χ4v) is 2.67. The summed E-state index contributed by atoms with van der Waals surface area (Å²) in [7, 11) is 1.75. The Morgan fingerprint density at radius 1 is 1.47 bits per heavy atom. The molecule has 0 heterocycles. The molecule has 1 aromatic carbocycles. The van der Waals surface area contributed by atoms with E-state index >= 15 is 0 Å². The third kappa shape index (κ3) is 2.80. The van der Waals surface area contributed by atoms with Crippen molar-refractivity contribution >= 4 is 21.6 Å². The van der Waals surface area contributed by atoms with Crippen LogP contribution in [0.4, 0.5) is 5.69 Å². The molecule has 0 aromatic heterocycles. The number of halogens is 1. The summed E-state index contributed by atoms with van der Waals surface area (Å²) >= 11 is 3.43. The molecule has 1 N–H and O–H groups in total. The SMILES string of the molecule is COC1CCCC1Nc1cc(Br)ccc1C#N. The summed E-state index contributed by atoms with van der Waals surface area (Å²) in [6, 6.07) is 8.16. The minimum Gasteiger partial charge on any atom is -0.379 e. The number of nitriles is 1. The normalized spacial score (nSPS) is 23.4. The molecule has 17 heavy (non-hydrogen) atoms. The Morgan fingerprint density at radius 2 is 2.29 bits per heavy atom. The topological polar surface area (TPSA) is 45.0 Å². The molecule has 0 bridgehead atoms. The van der Waals surface area contributed by atoms with Crippen LogP contribution in [0.3, 0.4) is 0 Å². The van der Waals surface area contributed by atoms with E-state index in [-0.39, 0.29) is 6.10 Å². The number of benzene rings is 1. The van der Waals surface area contributed by atoms with Crippen molar-refractivity contribution in [3.8, 4) is 6.07 Å². The Bertz CT molecular complexity index is 442. The number of hydrogen-bond donors (Lipinski definition) is 1. The second kappa shape index (κ2) is 5.52. The van der Waals surface area contributed by atoms with Gasteiger partial charge in [-0.05, 0) is 37.5 Å². The van der Waals surface area contributed by atoms with Gasteiger partial charge in [-0.1, -0.05) is 15.9 Å². The zero-order valence-electron chi connectivity index (χ0n) is 9.74. The smallest absolute Gasteiger partial charge is 0.101 e. The monoisotopic (exact) mass is 294 g/mol. The van der Waals surface area contributed by atoms with Crippen molar-refractivity contribution in [3.63, 3.8) is 0 Å². The van der Waals surface area contributed by atoms with Crippen LogP contribution in [-0.2, 0) is 4.74 Å². The number of nitrogens with zero attached hydrogens (tertiary/aromatic N) is 1. The van der Waals surface area contributed by atoms with E-state index in [1.165, 1.54) is 6.42 Å². The molecule has 1 aromatic rings. The quantitative estimate of drug-likeness (QED) is 0.930. The Labute approximate surface area is 110 Å². The van der Waals surface area contributed by atoms with Gasteiger partial charge < -0.3 is 10.1 Å². The van der Waals surface area contributed by atoms with Crippen LogP contribution < -0.4 is 5.32 Å². The molecule has 0 radical (unpaired) electrons. The van der Waals surface area contributed by atoms with Gasteiger partial charge in [-0.25, -0.2) is 0 Å². The second-order valence-corrected chi connectivity index (χ2v) is 5.17. The lowest BCUT2D eigenvalue weighted by Gasteiger charge is -2.21. The molecule has 0 aliphatic heterocycles. The van der Waals surface area contributed by atoms with Gasteiger partial charge in [0.25, 0.3) is 0 Å². The Balaban J connectivity index is 2.18. The zero-order chi connectivity index (χ0) is 12.3. The Kier molecular flexibility index (Phi) is 4.03. The first-order valence-electron chi connectivity index (χ1n) is 5.73. The molecule has 2 atom stereocenters. The largest absolute Gasteiger partial charge is 0.379 e. The molecular formula is C13H15BrN2O. The third-order valence-electron chi connectivity index (χ3n) is 3.20. The first-order valence-corrected chi connectivity index (χ1v) is 6.53. The zero-order valence-corrected chi connectivity index (χ0v) is 11.3. The number of anilines is 1. The average Bonchev–Trinajstić information content (AvgIpc) is 2.77. The van der Waals surface area contributed by atoms with E-state index in [0.29, 0.717) is 11.6 Å². The highest BCUT2D eigenvalue weighted by Crippen LogP contribution is 2.28. The summed E-state index contributed by atoms with van der Waals surface area (Å²) in [5.74, 6) is 0. The van der Waals surface area contributed by atoms with E-state index in [1.54, 1.807) is 7.11 Å². The number of ether oxygens (including phenoxy) is 1. The van der Waals surface area contributed by atoms with Crippen molar-refractivity contribution in [1.82, 2.24) is 0 Å². The van der Waals surface area contributed by atoms with Gasteiger partial charge in [0.2, 0.25) is 0 Å². The van der Waals surface area contributed by atoms with Crippen LogP contribution in [0.2, 0.25) is 0 Å². The maximum atomic E-state index is 9.07. The summed E-state index contributed by atoms with van der Waals surface area (Å²) < 4.78 is 6.42. The summed E-state index contributed by atoms with van der Waals surface area (Å²) in [6.07, 6.45) is 3.60. The van der Waals surface area contributed by atoms with E-state index in [4.69, 9.17) is 10.00 Å². The van der Waals surface area contributed by atoms with Crippen LogP contribution in [0, 0.1) is 11.3 Å². The maximum Gasteiger partial charge on any atom is 0.101 e. The highest BCUT2D eigenvalue weighted by Gasteiger charge is 2.27. The number of rotatable bonds is 3. The predicted molar refractivity (Wildman–Crippen MR) is 70.9 cm³/mol. The number of methoxy groups -OCH3 is 1. The van der Waals surface area contributed by atoms with Gasteiger partial charge in [0.05, 0.1) is 23.4 Å². The predicted octanol–water partition coefficient (Wildman–Crippen LogP) is 3.30. The molecular weight excluding hydrogens is 280 g/mol. The van der Waals surface area contributed by atoms with E-state index < -0.39 is 0 Å². The van der Waals surface area contributed by atoms with E-state index in [2.05, 4.69) is 27.3 Å². The number of nitrogens with one attached hydrogen (secondary N) is 1. The molecule has 2 unspecified atom stereocenters. The van der Waals surface area contributed by atoms with Crippen LogP contribution >= 0.6 is 15.9 Å². The Hall–Kier alpha value is -1.05. The van der Waals surface area contributed by atoms with Gasteiger partial charge >= 0.3 is 0 Å². The lowest BCUT2D eigenvalue weighted by molar-refractivity contribution is 0.101. The second-order valence-electron chi connectivity index (χ2n) is 4.26. The van der Waals surface area contributed by atoms with Crippen LogP contribution in [0.5, 0.6) is 0 Å². The molecule has 1 aliphatic rings. The van der Waals surface area contributed by atoms with Gasteiger partial charge in [0, 0.05) is 11.6 Å². The van der Waals surface area contributed by atoms with E-state index in [0.717, 1.165) is 23.0 Å². The summed E-state index contributed by atoms with van der Waals surface area (Å²) in [5, 5.41) is 12.5.